The second-order valence-electron chi connectivity index (χ2n) is 11.8. The lowest BCUT2D eigenvalue weighted by Gasteiger charge is -2.59. The fourth-order valence-corrected chi connectivity index (χ4v) is 7.72. The standard InChI is InChI=1S/C32H37N3O8/c1-7-8-24(37)40-13-23-26-19(30(43-17(4)36)16(3)31-32(26)42-14-41-31)11-21-27-25-18(9-15(2)29(39-6)28(25)38)10-20(34(27)5)22(12-33)35(21)23/h9,20-23,27,38H,7-8,10-11,13-14H2,1-6H3/t20-,21?,22+,23+,27+/m1/s1. The third kappa shape index (κ3) is 4.38. The summed E-state index contributed by atoms with van der Waals surface area (Å²) < 4.78 is 29.2. The Morgan fingerprint density at radius 2 is 1.88 bits per heavy atom. The summed E-state index contributed by atoms with van der Waals surface area (Å²) in [6.45, 7) is 6.95. The van der Waals surface area contributed by atoms with Crippen LogP contribution in [-0.2, 0) is 27.2 Å². The minimum absolute atomic E-state index is 0.00598. The average Bonchev–Trinajstić information content (AvgIpc) is 3.45. The fraction of sp³-hybridized carbons (Fsp3) is 0.531. The monoisotopic (exact) mass is 591 g/mol. The number of hydrogen-bond donors (Lipinski definition) is 1. The number of likely N-dealkylation sites (N-methyl/N-ethyl adjacent to an activating group) is 1. The van der Waals surface area contributed by atoms with E-state index in [0.29, 0.717) is 53.4 Å². The van der Waals surface area contributed by atoms with Crippen molar-refractivity contribution < 1.29 is 38.4 Å². The molecule has 0 radical (unpaired) electrons. The summed E-state index contributed by atoms with van der Waals surface area (Å²) >= 11 is 0. The van der Waals surface area contributed by atoms with Gasteiger partial charge in [0.2, 0.25) is 6.79 Å². The molecule has 1 N–H and O–H groups in total. The van der Waals surface area contributed by atoms with Crippen molar-refractivity contribution >= 4 is 11.9 Å². The Morgan fingerprint density at radius 3 is 2.56 bits per heavy atom. The van der Waals surface area contributed by atoms with E-state index in [9.17, 15) is 20.0 Å². The molecule has 43 heavy (non-hydrogen) atoms. The number of rotatable bonds is 6. The highest BCUT2D eigenvalue weighted by Crippen LogP contribution is 2.58. The van der Waals surface area contributed by atoms with Crippen LogP contribution >= 0.6 is 0 Å². The number of piperazine rings is 1. The normalized spacial score (nSPS) is 25.2. The van der Waals surface area contributed by atoms with Crippen molar-refractivity contribution in [2.75, 3.05) is 27.6 Å². The van der Waals surface area contributed by atoms with E-state index in [0.717, 1.165) is 22.3 Å². The van der Waals surface area contributed by atoms with E-state index in [1.165, 1.54) is 14.0 Å². The molecule has 11 nitrogen and oxygen atoms in total. The maximum atomic E-state index is 12.7. The molecule has 2 aromatic carbocycles. The van der Waals surface area contributed by atoms with Crippen LogP contribution in [0.2, 0.25) is 0 Å². The van der Waals surface area contributed by atoms with E-state index in [-0.39, 0.29) is 49.7 Å². The van der Waals surface area contributed by atoms with Crippen molar-refractivity contribution in [1.29, 1.82) is 5.26 Å². The number of nitriles is 1. The number of benzene rings is 2. The summed E-state index contributed by atoms with van der Waals surface area (Å²) in [4.78, 5) is 29.3. The number of hydrogen-bond acceptors (Lipinski definition) is 11. The van der Waals surface area contributed by atoms with Gasteiger partial charge in [-0.05, 0) is 51.3 Å². The van der Waals surface area contributed by atoms with Gasteiger partial charge in [-0.15, -0.1) is 0 Å². The maximum Gasteiger partial charge on any atom is 0.308 e. The number of fused-ring (bicyclic) bond motifs is 9. The fourth-order valence-electron chi connectivity index (χ4n) is 7.72. The highest BCUT2D eigenvalue weighted by molar-refractivity contribution is 5.74. The molecule has 0 saturated carbocycles. The van der Waals surface area contributed by atoms with Gasteiger partial charge in [0.15, 0.2) is 23.0 Å². The number of ether oxygens (including phenoxy) is 5. The summed E-state index contributed by atoms with van der Waals surface area (Å²) in [7, 11) is 3.52. The molecule has 5 atom stereocenters. The van der Waals surface area contributed by atoms with Crippen molar-refractivity contribution in [3.05, 3.63) is 39.4 Å². The molecule has 0 aliphatic carbocycles. The number of carbonyl (C=O) groups excluding carboxylic acids is 2. The van der Waals surface area contributed by atoms with Crippen LogP contribution in [0.5, 0.6) is 28.7 Å². The molecule has 0 aromatic heterocycles. The number of carbonyl (C=O) groups is 2. The number of aromatic hydroxyl groups is 1. The minimum Gasteiger partial charge on any atom is -0.504 e. The van der Waals surface area contributed by atoms with Crippen LogP contribution in [-0.4, -0.2) is 72.5 Å². The lowest BCUT2D eigenvalue weighted by molar-refractivity contribution is -0.149. The van der Waals surface area contributed by atoms with Gasteiger partial charge in [-0.1, -0.05) is 13.0 Å². The Morgan fingerprint density at radius 1 is 1.14 bits per heavy atom. The van der Waals surface area contributed by atoms with Gasteiger partial charge < -0.3 is 28.8 Å². The lowest BCUT2D eigenvalue weighted by atomic mass is 9.71. The van der Waals surface area contributed by atoms with Crippen molar-refractivity contribution in [2.45, 2.75) is 83.6 Å². The molecule has 4 aliphatic rings. The van der Waals surface area contributed by atoms with Crippen LogP contribution in [0.1, 0.15) is 72.2 Å². The summed E-state index contributed by atoms with van der Waals surface area (Å²) in [5.74, 6) is 1.07. The van der Waals surface area contributed by atoms with E-state index in [4.69, 9.17) is 23.7 Å². The van der Waals surface area contributed by atoms with Crippen molar-refractivity contribution in [3.8, 4) is 34.8 Å². The third-order valence-corrected chi connectivity index (χ3v) is 9.37. The molecule has 6 rings (SSSR count). The Balaban J connectivity index is 1.60. The molecular weight excluding hydrogens is 554 g/mol. The first-order valence-electron chi connectivity index (χ1n) is 14.7. The first kappa shape index (κ1) is 29.1. The summed E-state index contributed by atoms with van der Waals surface area (Å²) in [6, 6.07) is 2.53. The van der Waals surface area contributed by atoms with Crippen LogP contribution in [0.15, 0.2) is 6.07 Å². The van der Waals surface area contributed by atoms with Crippen molar-refractivity contribution in [1.82, 2.24) is 9.80 Å². The van der Waals surface area contributed by atoms with Crippen LogP contribution in [0.4, 0.5) is 0 Å². The molecule has 0 amide bonds. The number of aryl methyl sites for hydroxylation is 1. The molecule has 2 bridgehead atoms. The number of phenolic OH excluding ortho intramolecular Hbond substituents is 1. The highest BCUT2D eigenvalue weighted by atomic mass is 16.7. The first-order chi connectivity index (χ1) is 20.6. The van der Waals surface area contributed by atoms with E-state index >= 15 is 0 Å². The summed E-state index contributed by atoms with van der Waals surface area (Å²) in [6.07, 6.45) is 1.83. The molecule has 11 heteroatoms. The number of esters is 2. The topological polar surface area (TPSA) is 131 Å². The van der Waals surface area contributed by atoms with Gasteiger partial charge in [-0.2, -0.15) is 5.26 Å². The summed E-state index contributed by atoms with van der Waals surface area (Å²) in [5.41, 5.74) is 4.63. The Kier molecular flexibility index (Phi) is 7.39. The van der Waals surface area contributed by atoms with Crippen molar-refractivity contribution in [2.24, 2.45) is 0 Å². The predicted octanol–water partition coefficient (Wildman–Crippen LogP) is 3.79. The molecule has 4 aliphatic heterocycles. The van der Waals surface area contributed by atoms with Crippen LogP contribution in [0.3, 0.4) is 0 Å². The van der Waals surface area contributed by atoms with Crippen molar-refractivity contribution in [3.63, 3.8) is 0 Å². The molecule has 228 valence electrons. The molecule has 1 saturated heterocycles. The van der Waals surface area contributed by atoms with Gasteiger partial charge in [-0.3, -0.25) is 19.4 Å². The average molecular weight is 592 g/mol. The van der Waals surface area contributed by atoms with E-state index in [1.807, 2.05) is 33.9 Å². The maximum absolute atomic E-state index is 12.7. The van der Waals surface area contributed by atoms with Gasteiger partial charge in [0, 0.05) is 47.7 Å². The highest BCUT2D eigenvalue weighted by Gasteiger charge is 2.57. The number of methoxy groups -OCH3 is 1. The molecular formula is C32H37N3O8. The zero-order valence-electron chi connectivity index (χ0n) is 25.4. The zero-order valence-corrected chi connectivity index (χ0v) is 25.4. The minimum atomic E-state index is -0.598. The number of nitrogens with zero attached hydrogens (tertiary/aromatic N) is 3. The molecule has 4 heterocycles. The van der Waals surface area contributed by atoms with Crippen LogP contribution in [0, 0.1) is 25.2 Å². The van der Waals surface area contributed by atoms with E-state index in [1.54, 1.807) is 0 Å². The predicted molar refractivity (Wildman–Crippen MR) is 153 cm³/mol. The van der Waals surface area contributed by atoms with Crippen LogP contribution in [0.25, 0.3) is 0 Å². The van der Waals surface area contributed by atoms with Crippen LogP contribution < -0.4 is 18.9 Å². The lowest BCUT2D eigenvalue weighted by Crippen LogP contribution is -2.68. The molecule has 2 aromatic rings. The van der Waals surface area contributed by atoms with Gasteiger partial charge >= 0.3 is 11.9 Å². The second kappa shape index (κ2) is 10.9. The Hall–Kier alpha value is -4.01. The van der Waals surface area contributed by atoms with E-state index < -0.39 is 18.1 Å². The van der Waals surface area contributed by atoms with Gasteiger partial charge in [-0.25, -0.2) is 0 Å². The quantitative estimate of drug-likeness (QED) is 0.389. The van der Waals surface area contributed by atoms with Gasteiger partial charge in [0.1, 0.15) is 18.4 Å². The largest absolute Gasteiger partial charge is 0.504 e. The molecule has 1 fully saturated rings. The Labute approximate surface area is 250 Å². The third-order valence-electron chi connectivity index (χ3n) is 9.37. The molecule has 1 unspecified atom stereocenters. The molecule has 0 spiro atoms. The number of phenols is 1. The smallest absolute Gasteiger partial charge is 0.308 e. The zero-order chi connectivity index (χ0) is 30.7. The Bertz CT molecular complexity index is 1550. The van der Waals surface area contributed by atoms with Gasteiger partial charge in [0.05, 0.1) is 25.3 Å². The SMILES string of the molecule is CCCC(=O)OC[C@H]1c2c(c(OC(C)=O)c(C)c3c2OCO3)CC2[C@H]3c4c(cc(C)c(OC)c4O)C[C@H]([C@H](C#N)N21)N3C. The second-order valence-corrected chi connectivity index (χ2v) is 11.8. The van der Waals surface area contributed by atoms with Gasteiger partial charge in [0.25, 0.3) is 0 Å². The van der Waals surface area contributed by atoms with E-state index in [2.05, 4.69) is 15.9 Å². The summed E-state index contributed by atoms with van der Waals surface area (Å²) in [5, 5.41) is 22.3. The first-order valence-corrected chi connectivity index (χ1v) is 14.7.